The van der Waals surface area contributed by atoms with Crippen LogP contribution in [0.25, 0.3) is 0 Å². The average molecular weight is 326 g/mol. The molecule has 0 aromatic heterocycles. The maximum Gasteiger partial charge on any atom is 0.193 e. The summed E-state index contributed by atoms with van der Waals surface area (Å²) in [5.41, 5.74) is 1.13. The highest BCUT2D eigenvalue weighted by Crippen LogP contribution is 2.13. The summed E-state index contributed by atoms with van der Waals surface area (Å²) >= 11 is 2.15. The predicted octanol–water partition coefficient (Wildman–Crippen LogP) is 3.66. The smallest absolute Gasteiger partial charge is 0.193 e. The van der Waals surface area contributed by atoms with Gasteiger partial charge in [-0.2, -0.15) is 0 Å². The van der Waals surface area contributed by atoms with Crippen LogP contribution in [0.15, 0.2) is 48.5 Å². The van der Waals surface area contributed by atoms with Gasteiger partial charge in [0.15, 0.2) is 5.78 Å². The topological polar surface area (TPSA) is 17.1 Å². The van der Waals surface area contributed by atoms with Gasteiger partial charge in [0.05, 0.1) is 0 Å². The average Bonchev–Trinajstić information content (AvgIpc) is 2.29. The van der Waals surface area contributed by atoms with E-state index in [2.05, 4.69) is 22.6 Å². The van der Waals surface area contributed by atoms with Gasteiger partial charge >= 0.3 is 0 Å². The fraction of sp³-hybridized carbons (Fsp3) is 0. The van der Waals surface area contributed by atoms with Gasteiger partial charge in [0, 0.05) is 14.7 Å². The van der Waals surface area contributed by atoms with Crippen LogP contribution in [0, 0.1) is 9.39 Å². The number of hydrogen-bond donors (Lipinski definition) is 0. The predicted molar refractivity (Wildman–Crippen MR) is 69.0 cm³/mol. The molecule has 0 amide bonds. The molecule has 2 aromatic rings. The lowest BCUT2D eigenvalue weighted by Crippen LogP contribution is -2.01. The van der Waals surface area contributed by atoms with Gasteiger partial charge in [0.1, 0.15) is 5.82 Å². The van der Waals surface area contributed by atoms with Crippen LogP contribution in [0.1, 0.15) is 15.9 Å². The summed E-state index contributed by atoms with van der Waals surface area (Å²) < 4.78 is 13.7. The summed E-state index contributed by atoms with van der Waals surface area (Å²) in [7, 11) is 0. The van der Waals surface area contributed by atoms with Crippen molar-refractivity contribution in [2.75, 3.05) is 0 Å². The van der Waals surface area contributed by atoms with Crippen LogP contribution < -0.4 is 0 Å². The van der Waals surface area contributed by atoms with Crippen LogP contribution in [0.4, 0.5) is 4.39 Å². The molecule has 0 unspecified atom stereocenters. The number of carbonyl (C=O) groups is 1. The maximum absolute atomic E-state index is 12.7. The molecule has 0 aliphatic rings. The summed E-state index contributed by atoms with van der Waals surface area (Å²) in [5, 5.41) is 0. The van der Waals surface area contributed by atoms with Crippen LogP contribution in [-0.4, -0.2) is 5.78 Å². The van der Waals surface area contributed by atoms with Gasteiger partial charge in [-0.15, -0.1) is 0 Å². The van der Waals surface area contributed by atoms with E-state index in [9.17, 15) is 9.18 Å². The van der Waals surface area contributed by atoms with Gasteiger partial charge in [-0.1, -0.05) is 12.1 Å². The quantitative estimate of drug-likeness (QED) is 0.608. The fourth-order valence-electron chi connectivity index (χ4n) is 1.40. The molecule has 16 heavy (non-hydrogen) atoms. The third-order valence-corrected chi connectivity index (χ3v) is 2.86. The molecule has 0 saturated carbocycles. The largest absolute Gasteiger partial charge is 0.289 e. The number of ketones is 1. The van der Waals surface area contributed by atoms with Crippen LogP contribution >= 0.6 is 22.6 Å². The van der Waals surface area contributed by atoms with Crippen molar-refractivity contribution in [1.82, 2.24) is 0 Å². The molecular formula is C13H8FIO. The van der Waals surface area contributed by atoms with Crippen LogP contribution in [-0.2, 0) is 0 Å². The molecule has 0 bridgehead atoms. The Kier molecular flexibility index (Phi) is 3.33. The first kappa shape index (κ1) is 11.3. The molecule has 2 aromatic carbocycles. The second-order valence-electron chi connectivity index (χ2n) is 3.35. The van der Waals surface area contributed by atoms with Gasteiger partial charge in [0.25, 0.3) is 0 Å². The molecule has 0 fully saturated rings. The highest BCUT2D eigenvalue weighted by molar-refractivity contribution is 14.1. The van der Waals surface area contributed by atoms with Crippen molar-refractivity contribution in [1.29, 1.82) is 0 Å². The minimum atomic E-state index is -0.334. The van der Waals surface area contributed by atoms with E-state index >= 15 is 0 Å². The fourth-order valence-corrected chi connectivity index (χ4v) is 1.94. The van der Waals surface area contributed by atoms with Crippen LogP contribution in [0.3, 0.4) is 0 Å². The summed E-state index contributed by atoms with van der Waals surface area (Å²) in [6.07, 6.45) is 0. The molecule has 3 heteroatoms. The van der Waals surface area contributed by atoms with Crippen molar-refractivity contribution in [3.63, 3.8) is 0 Å². The Labute approximate surface area is 106 Å². The minimum Gasteiger partial charge on any atom is -0.289 e. The van der Waals surface area contributed by atoms with E-state index in [1.807, 2.05) is 18.2 Å². The summed E-state index contributed by atoms with van der Waals surface area (Å²) in [6, 6.07) is 12.9. The van der Waals surface area contributed by atoms with Crippen molar-refractivity contribution < 1.29 is 9.18 Å². The Hall–Kier alpha value is -1.23. The standard InChI is InChI=1S/C13H8FIO/c14-11-6-4-9(5-7-11)13(16)10-2-1-3-12(15)8-10/h1-8H. The first-order chi connectivity index (χ1) is 7.66. The van der Waals surface area contributed by atoms with Gasteiger partial charge in [-0.05, 0) is 59.0 Å². The third-order valence-electron chi connectivity index (χ3n) is 2.19. The van der Waals surface area contributed by atoms with Crippen molar-refractivity contribution in [2.24, 2.45) is 0 Å². The molecule has 1 nitrogen and oxygen atoms in total. The lowest BCUT2D eigenvalue weighted by molar-refractivity contribution is 0.103. The van der Waals surface area contributed by atoms with Gasteiger partial charge < -0.3 is 0 Å². The zero-order chi connectivity index (χ0) is 11.5. The van der Waals surface area contributed by atoms with E-state index in [1.54, 1.807) is 6.07 Å². The van der Waals surface area contributed by atoms with E-state index in [0.717, 1.165) is 3.57 Å². The molecule has 0 N–H and O–H groups in total. The zero-order valence-corrected chi connectivity index (χ0v) is 10.4. The lowest BCUT2D eigenvalue weighted by atomic mass is 10.0. The Bertz CT molecular complexity index is 520. The highest BCUT2D eigenvalue weighted by atomic mass is 127. The molecule has 0 saturated heterocycles. The monoisotopic (exact) mass is 326 g/mol. The van der Waals surface area contributed by atoms with E-state index in [1.165, 1.54) is 24.3 Å². The van der Waals surface area contributed by atoms with Crippen molar-refractivity contribution >= 4 is 28.4 Å². The Morgan fingerprint density at radius 2 is 1.69 bits per heavy atom. The number of halogens is 2. The van der Waals surface area contributed by atoms with Crippen molar-refractivity contribution in [2.45, 2.75) is 0 Å². The number of hydrogen-bond acceptors (Lipinski definition) is 1. The van der Waals surface area contributed by atoms with Crippen molar-refractivity contribution in [3.8, 4) is 0 Å². The summed E-state index contributed by atoms with van der Waals surface area (Å²) in [6.45, 7) is 0. The molecule has 0 radical (unpaired) electrons. The molecule has 0 atom stereocenters. The van der Waals surface area contributed by atoms with Gasteiger partial charge in [-0.25, -0.2) is 4.39 Å². The Morgan fingerprint density at radius 1 is 1.00 bits per heavy atom. The highest BCUT2D eigenvalue weighted by Gasteiger charge is 2.08. The number of carbonyl (C=O) groups excluding carboxylic acids is 1. The summed E-state index contributed by atoms with van der Waals surface area (Å²) in [5.74, 6) is -0.419. The van der Waals surface area contributed by atoms with E-state index in [0.29, 0.717) is 11.1 Å². The first-order valence-electron chi connectivity index (χ1n) is 4.72. The van der Waals surface area contributed by atoms with E-state index < -0.39 is 0 Å². The molecule has 0 aliphatic carbocycles. The Morgan fingerprint density at radius 3 is 2.31 bits per heavy atom. The van der Waals surface area contributed by atoms with Crippen molar-refractivity contribution in [3.05, 3.63) is 69.0 Å². The molecule has 0 spiro atoms. The van der Waals surface area contributed by atoms with Gasteiger partial charge in [0.2, 0.25) is 0 Å². The number of benzene rings is 2. The SMILES string of the molecule is O=C(c1ccc(F)cc1)c1cccc(I)c1. The van der Waals surface area contributed by atoms with E-state index in [-0.39, 0.29) is 11.6 Å². The first-order valence-corrected chi connectivity index (χ1v) is 5.80. The van der Waals surface area contributed by atoms with Crippen LogP contribution in [0.2, 0.25) is 0 Å². The Balaban J connectivity index is 2.35. The summed E-state index contributed by atoms with van der Waals surface area (Å²) in [4.78, 5) is 12.0. The lowest BCUT2D eigenvalue weighted by Gasteiger charge is -2.01. The molecule has 0 heterocycles. The molecule has 80 valence electrons. The third kappa shape index (κ3) is 2.47. The number of rotatable bonds is 2. The normalized spacial score (nSPS) is 10.1. The zero-order valence-electron chi connectivity index (χ0n) is 8.28. The second kappa shape index (κ2) is 4.74. The molecule has 2 rings (SSSR count). The van der Waals surface area contributed by atoms with Gasteiger partial charge in [-0.3, -0.25) is 4.79 Å². The second-order valence-corrected chi connectivity index (χ2v) is 4.59. The van der Waals surface area contributed by atoms with E-state index in [4.69, 9.17) is 0 Å². The van der Waals surface area contributed by atoms with Crippen LogP contribution in [0.5, 0.6) is 0 Å². The maximum atomic E-state index is 12.7. The molecule has 0 aliphatic heterocycles. The minimum absolute atomic E-state index is 0.0847. The molecular weight excluding hydrogens is 318 g/mol.